The van der Waals surface area contributed by atoms with Crippen LogP contribution < -0.4 is 15.4 Å². The first kappa shape index (κ1) is 21.8. The molecule has 150 valence electrons. The van der Waals surface area contributed by atoms with E-state index in [1.165, 1.54) is 6.42 Å². The van der Waals surface area contributed by atoms with Crippen molar-refractivity contribution < 1.29 is 13.2 Å². The van der Waals surface area contributed by atoms with Crippen molar-refractivity contribution in [1.82, 2.24) is 10.0 Å². The van der Waals surface area contributed by atoms with Crippen LogP contribution in [-0.2, 0) is 14.8 Å². The lowest BCUT2D eigenvalue weighted by Crippen LogP contribution is -2.36. The van der Waals surface area contributed by atoms with Gasteiger partial charge in [0, 0.05) is 18.2 Å². The van der Waals surface area contributed by atoms with E-state index < -0.39 is 10.0 Å². The second kappa shape index (κ2) is 10.7. The highest BCUT2D eigenvalue weighted by Gasteiger charge is 2.21. The molecule has 1 aromatic carbocycles. The summed E-state index contributed by atoms with van der Waals surface area (Å²) in [6, 6.07) is 6.39. The number of carbonyl (C=O) groups excluding carboxylic acids is 1. The van der Waals surface area contributed by atoms with Crippen molar-refractivity contribution in [2.24, 2.45) is 0 Å². The van der Waals surface area contributed by atoms with Gasteiger partial charge in [-0.1, -0.05) is 39.0 Å². The molecule has 1 aliphatic rings. The largest absolute Gasteiger partial charge is 0.332 e. The number of benzene rings is 1. The molecule has 0 saturated heterocycles. The van der Waals surface area contributed by atoms with Crippen LogP contribution in [0.15, 0.2) is 29.2 Å². The van der Waals surface area contributed by atoms with Gasteiger partial charge in [-0.25, -0.2) is 13.1 Å². The van der Waals surface area contributed by atoms with Crippen molar-refractivity contribution in [3.05, 3.63) is 24.3 Å². The molecule has 0 radical (unpaired) electrons. The molecule has 0 heterocycles. The Morgan fingerprint density at radius 1 is 1.11 bits per heavy atom. The first-order valence-corrected chi connectivity index (χ1v) is 11.5. The number of anilines is 1. The van der Waals surface area contributed by atoms with Gasteiger partial charge in [0.15, 0.2) is 5.11 Å². The van der Waals surface area contributed by atoms with Crippen LogP contribution in [0.4, 0.5) is 5.69 Å². The van der Waals surface area contributed by atoms with Crippen LogP contribution in [0.2, 0.25) is 0 Å². The van der Waals surface area contributed by atoms with E-state index in [4.69, 9.17) is 12.2 Å². The standard InChI is InChI=1S/C19H29N3O3S2/c1-2-3-5-10-18(23)21-19(26)20-15-11-13-17(14-12-15)27(24,25)22-16-8-6-4-7-9-16/h11-14,16,22H,2-10H2,1H3,(H2,20,21,23,26). The Bertz CT molecular complexity index is 727. The zero-order valence-electron chi connectivity index (χ0n) is 15.8. The van der Waals surface area contributed by atoms with E-state index in [0.29, 0.717) is 12.1 Å². The number of sulfonamides is 1. The molecular formula is C19H29N3O3S2. The summed E-state index contributed by atoms with van der Waals surface area (Å²) < 4.78 is 27.8. The minimum Gasteiger partial charge on any atom is -0.332 e. The maximum Gasteiger partial charge on any atom is 0.240 e. The molecule has 0 atom stereocenters. The highest BCUT2D eigenvalue weighted by atomic mass is 32.2. The number of rotatable bonds is 8. The lowest BCUT2D eigenvalue weighted by atomic mass is 9.96. The van der Waals surface area contributed by atoms with Gasteiger partial charge in [-0.3, -0.25) is 4.79 Å². The topological polar surface area (TPSA) is 87.3 Å². The van der Waals surface area contributed by atoms with Gasteiger partial charge >= 0.3 is 0 Å². The molecule has 2 rings (SSSR count). The summed E-state index contributed by atoms with van der Waals surface area (Å²) in [5.41, 5.74) is 0.630. The van der Waals surface area contributed by atoms with Crippen LogP contribution >= 0.6 is 12.2 Å². The van der Waals surface area contributed by atoms with Gasteiger partial charge in [0.2, 0.25) is 15.9 Å². The summed E-state index contributed by atoms with van der Waals surface area (Å²) in [4.78, 5) is 12.0. The number of hydrogen-bond donors (Lipinski definition) is 3. The van der Waals surface area contributed by atoms with E-state index >= 15 is 0 Å². The molecule has 1 fully saturated rings. The van der Waals surface area contributed by atoms with E-state index in [0.717, 1.165) is 44.9 Å². The van der Waals surface area contributed by atoms with Gasteiger partial charge in [-0.2, -0.15) is 0 Å². The molecule has 0 bridgehead atoms. The number of unbranched alkanes of at least 4 members (excludes halogenated alkanes) is 2. The van der Waals surface area contributed by atoms with Crippen LogP contribution in [0.25, 0.3) is 0 Å². The predicted octanol–water partition coefficient (Wildman–Crippen LogP) is 3.69. The molecule has 0 aromatic heterocycles. The Morgan fingerprint density at radius 3 is 2.41 bits per heavy atom. The fourth-order valence-electron chi connectivity index (χ4n) is 3.11. The molecular weight excluding hydrogens is 382 g/mol. The van der Waals surface area contributed by atoms with Crippen LogP contribution in [0.5, 0.6) is 0 Å². The van der Waals surface area contributed by atoms with Crippen molar-refractivity contribution in [3.8, 4) is 0 Å². The highest BCUT2D eigenvalue weighted by Crippen LogP contribution is 2.20. The molecule has 1 amide bonds. The minimum atomic E-state index is -3.52. The number of amides is 1. The fourth-order valence-corrected chi connectivity index (χ4v) is 4.65. The fraction of sp³-hybridized carbons (Fsp3) is 0.579. The zero-order chi connectivity index (χ0) is 19.7. The van der Waals surface area contributed by atoms with Gasteiger partial charge < -0.3 is 10.6 Å². The van der Waals surface area contributed by atoms with Crippen molar-refractivity contribution >= 4 is 38.9 Å². The molecule has 1 saturated carbocycles. The summed E-state index contributed by atoms with van der Waals surface area (Å²) in [5.74, 6) is -0.114. The Morgan fingerprint density at radius 2 is 1.78 bits per heavy atom. The average Bonchev–Trinajstić information content (AvgIpc) is 2.62. The summed E-state index contributed by atoms with van der Waals surface area (Å²) in [5, 5.41) is 5.76. The third-order valence-corrected chi connectivity index (χ3v) is 6.35. The van der Waals surface area contributed by atoms with Crippen LogP contribution in [0, 0.1) is 0 Å². The van der Waals surface area contributed by atoms with Gasteiger partial charge in [-0.05, 0) is 55.7 Å². The maximum absolute atomic E-state index is 12.5. The number of carbonyl (C=O) groups is 1. The lowest BCUT2D eigenvalue weighted by Gasteiger charge is -2.22. The minimum absolute atomic E-state index is 0.0250. The molecule has 1 aromatic rings. The first-order valence-electron chi connectivity index (χ1n) is 9.64. The second-order valence-corrected chi connectivity index (χ2v) is 9.06. The van der Waals surface area contributed by atoms with Gasteiger partial charge in [0.05, 0.1) is 4.90 Å². The van der Waals surface area contributed by atoms with Crippen LogP contribution in [-0.4, -0.2) is 25.5 Å². The molecule has 8 heteroatoms. The van der Waals surface area contributed by atoms with E-state index in [9.17, 15) is 13.2 Å². The second-order valence-electron chi connectivity index (χ2n) is 6.94. The molecule has 0 spiro atoms. The van der Waals surface area contributed by atoms with E-state index in [1.807, 2.05) is 0 Å². The predicted molar refractivity (Wildman–Crippen MR) is 112 cm³/mol. The molecule has 6 nitrogen and oxygen atoms in total. The summed E-state index contributed by atoms with van der Waals surface area (Å²) in [7, 11) is -3.52. The third kappa shape index (κ3) is 7.56. The summed E-state index contributed by atoms with van der Waals surface area (Å²) in [6.07, 6.45) is 8.45. The lowest BCUT2D eigenvalue weighted by molar-refractivity contribution is -0.119. The van der Waals surface area contributed by atoms with Gasteiger partial charge in [0.25, 0.3) is 0 Å². The smallest absolute Gasteiger partial charge is 0.240 e. The molecule has 3 N–H and O–H groups in total. The van der Waals surface area contributed by atoms with E-state index in [1.54, 1.807) is 24.3 Å². The van der Waals surface area contributed by atoms with Crippen molar-refractivity contribution in [3.63, 3.8) is 0 Å². The first-order chi connectivity index (χ1) is 12.9. The molecule has 1 aliphatic carbocycles. The zero-order valence-corrected chi connectivity index (χ0v) is 17.4. The highest BCUT2D eigenvalue weighted by molar-refractivity contribution is 7.89. The molecule has 0 aliphatic heterocycles. The van der Waals surface area contributed by atoms with E-state index in [2.05, 4.69) is 22.3 Å². The summed E-state index contributed by atoms with van der Waals surface area (Å²) >= 11 is 5.13. The van der Waals surface area contributed by atoms with E-state index in [-0.39, 0.29) is 22.0 Å². The van der Waals surface area contributed by atoms with Crippen LogP contribution in [0.1, 0.15) is 64.7 Å². The van der Waals surface area contributed by atoms with Gasteiger partial charge in [0.1, 0.15) is 0 Å². The SMILES string of the molecule is CCCCCC(=O)NC(=S)Nc1ccc(S(=O)(=O)NC2CCCCC2)cc1. The quantitative estimate of drug-likeness (QED) is 0.449. The average molecular weight is 412 g/mol. The summed E-state index contributed by atoms with van der Waals surface area (Å²) in [6.45, 7) is 2.08. The monoisotopic (exact) mass is 411 g/mol. The Kier molecular flexibility index (Phi) is 8.66. The number of hydrogen-bond acceptors (Lipinski definition) is 4. The third-order valence-electron chi connectivity index (χ3n) is 4.61. The molecule has 0 unspecified atom stereocenters. The van der Waals surface area contributed by atoms with Gasteiger partial charge in [-0.15, -0.1) is 0 Å². The number of nitrogens with one attached hydrogen (secondary N) is 3. The Hall–Kier alpha value is -1.51. The van der Waals surface area contributed by atoms with Crippen LogP contribution in [0.3, 0.4) is 0 Å². The Labute approximate surface area is 167 Å². The number of thiocarbonyl (C=S) groups is 1. The van der Waals surface area contributed by atoms with Crippen molar-refractivity contribution in [2.45, 2.75) is 75.6 Å². The Balaban J connectivity index is 1.86. The maximum atomic E-state index is 12.5. The molecule has 27 heavy (non-hydrogen) atoms. The van der Waals surface area contributed by atoms with Crippen molar-refractivity contribution in [1.29, 1.82) is 0 Å². The normalized spacial score (nSPS) is 15.3. The van der Waals surface area contributed by atoms with Crippen molar-refractivity contribution in [2.75, 3.05) is 5.32 Å².